The van der Waals surface area contributed by atoms with Crippen LogP contribution >= 0.6 is 0 Å². The molecule has 3 atom stereocenters. The highest BCUT2D eigenvalue weighted by Gasteiger charge is 2.50. The highest BCUT2D eigenvalue weighted by Crippen LogP contribution is 2.37. The normalized spacial score (nSPS) is 18.5. The van der Waals surface area contributed by atoms with E-state index in [1.165, 1.54) is 16.8 Å². The van der Waals surface area contributed by atoms with E-state index in [4.69, 9.17) is 18.6 Å². The van der Waals surface area contributed by atoms with Gasteiger partial charge in [0.1, 0.15) is 11.9 Å². The zero-order valence-corrected chi connectivity index (χ0v) is 26.4. The summed E-state index contributed by atoms with van der Waals surface area (Å²) in [7, 11) is -2.67. The van der Waals surface area contributed by atoms with Crippen molar-refractivity contribution in [3.05, 3.63) is 103 Å². The maximum absolute atomic E-state index is 7.19. The van der Waals surface area contributed by atoms with E-state index in [0.29, 0.717) is 25.7 Å². The van der Waals surface area contributed by atoms with Gasteiger partial charge >= 0.3 is 0 Å². The third-order valence-electron chi connectivity index (χ3n) is 7.95. The van der Waals surface area contributed by atoms with Gasteiger partial charge in [0, 0.05) is 0 Å². The van der Waals surface area contributed by atoms with Crippen molar-refractivity contribution in [3.63, 3.8) is 0 Å². The quantitative estimate of drug-likeness (QED) is 0.151. The fourth-order valence-electron chi connectivity index (χ4n) is 5.90. The third-order valence-corrected chi connectivity index (χ3v) is 13.0. The highest BCUT2D eigenvalue weighted by molar-refractivity contribution is 6.99. The largest absolute Gasteiger partial charge is 0.493 e. The molecule has 3 aromatic rings. The zero-order chi connectivity index (χ0) is 29.1. The van der Waals surface area contributed by atoms with Gasteiger partial charge in [-0.1, -0.05) is 118 Å². The smallest absolute Gasteiger partial charge is 0.261 e. The van der Waals surface area contributed by atoms with Crippen LogP contribution in [0, 0.1) is 5.92 Å². The van der Waals surface area contributed by atoms with Crippen LogP contribution in [0.15, 0.2) is 103 Å². The molecule has 0 aromatic heterocycles. The van der Waals surface area contributed by atoms with Gasteiger partial charge in [-0.15, -0.1) is 0 Å². The molecule has 5 heteroatoms. The average Bonchev–Trinajstić information content (AvgIpc) is 2.98. The lowest BCUT2D eigenvalue weighted by Crippen LogP contribution is -2.67. The first-order valence-electron chi connectivity index (χ1n) is 15.1. The summed E-state index contributed by atoms with van der Waals surface area (Å²) in [5, 5.41) is 2.45. The van der Waals surface area contributed by atoms with Crippen LogP contribution in [0.3, 0.4) is 0 Å². The minimum Gasteiger partial charge on any atom is -0.493 e. The molecule has 41 heavy (non-hydrogen) atoms. The van der Waals surface area contributed by atoms with Crippen LogP contribution in [-0.4, -0.2) is 47.0 Å². The Bertz CT molecular complexity index is 1140. The van der Waals surface area contributed by atoms with E-state index in [-0.39, 0.29) is 17.2 Å². The van der Waals surface area contributed by atoms with Gasteiger partial charge in [-0.25, -0.2) is 0 Å². The summed E-state index contributed by atoms with van der Waals surface area (Å²) in [5.74, 6) is 1.43. The first-order chi connectivity index (χ1) is 19.8. The van der Waals surface area contributed by atoms with Crippen LogP contribution < -0.4 is 15.1 Å². The molecule has 4 nitrogen and oxygen atoms in total. The first kappa shape index (κ1) is 31.2. The molecule has 1 aliphatic carbocycles. The van der Waals surface area contributed by atoms with E-state index in [2.05, 4.69) is 88.0 Å². The van der Waals surface area contributed by atoms with E-state index >= 15 is 0 Å². The lowest BCUT2D eigenvalue weighted by atomic mass is 9.88. The van der Waals surface area contributed by atoms with Crippen LogP contribution in [0.25, 0.3) is 0 Å². The molecule has 0 amide bonds. The van der Waals surface area contributed by atoms with Crippen molar-refractivity contribution in [1.29, 1.82) is 0 Å². The van der Waals surface area contributed by atoms with Crippen molar-refractivity contribution in [2.24, 2.45) is 5.92 Å². The highest BCUT2D eigenvalue weighted by atomic mass is 28.4. The van der Waals surface area contributed by atoms with Gasteiger partial charge in [-0.3, -0.25) is 0 Å². The molecule has 3 aromatic carbocycles. The summed E-state index contributed by atoms with van der Waals surface area (Å²) < 4.78 is 26.2. The van der Waals surface area contributed by atoms with Gasteiger partial charge in [-0.05, 0) is 59.6 Å². The van der Waals surface area contributed by atoms with E-state index < -0.39 is 8.32 Å². The molecule has 1 fully saturated rings. The number of hydrogen-bond donors (Lipinski definition) is 0. The number of rotatable bonds is 14. The van der Waals surface area contributed by atoms with Crippen LogP contribution in [0.1, 0.15) is 53.4 Å². The molecule has 0 aliphatic heterocycles. The average molecular weight is 573 g/mol. The molecule has 1 saturated carbocycles. The molecule has 0 heterocycles. The van der Waals surface area contributed by atoms with Crippen LogP contribution in [-0.2, 0) is 13.9 Å². The lowest BCUT2D eigenvalue weighted by molar-refractivity contribution is -0.0700. The maximum Gasteiger partial charge on any atom is 0.261 e. The van der Waals surface area contributed by atoms with Crippen molar-refractivity contribution in [1.82, 2.24) is 0 Å². The topological polar surface area (TPSA) is 36.9 Å². The number of benzene rings is 3. The minimum atomic E-state index is -2.67. The zero-order valence-electron chi connectivity index (χ0n) is 25.4. The third kappa shape index (κ3) is 8.65. The van der Waals surface area contributed by atoms with Crippen LogP contribution in [0.5, 0.6) is 5.75 Å². The van der Waals surface area contributed by atoms with Gasteiger partial charge in [0.05, 0.1) is 32.5 Å². The summed E-state index contributed by atoms with van der Waals surface area (Å²) in [5.41, 5.74) is 0.997. The fraction of sp³-hybridized carbons (Fsp3) is 0.444. The number of para-hydroxylation sites is 1. The van der Waals surface area contributed by atoms with E-state index in [0.717, 1.165) is 37.2 Å². The predicted octanol–water partition coefficient (Wildman–Crippen LogP) is 7.18. The fourth-order valence-corrected chi connectivity index (χ4v) is 10.5. The van der Waals surface area contributed by atoms with Crippen molar-refractivity contribution >= 4 is 18.7 Å². The maximum atomic E-state index is 7.19. The molecule has 0 radical (unpaired) electrons. The van der Waals surface area contributed by atoms with E-state index in [1.54, 1.807) is 0 Å². The standard InChI is InChI=1S/C36H48O4Si/c1-29(2)25-37-33(27-39-32-19-15-16-30(24-32)26-38-31-17-9-6-10-18-31)28-40-41(36(3,4)5,34-20-11-7-12-21-34)35-22-13-8-14-23-35/h6-14,17-18,20-23,30,32-33H,1,15-16,19,24-28H2,2-5H3/t30-,32+,33?/m0/s1. The second-order valence-corrected chi connectivity index (χ2v) is 16.8. The number of hydrogen-bond acceptors (Lipinski definition) is 4. The summed E-state index contributed by atoms with van der Waals surface area (Å²) in [6.45, 7) is 15.2. The molecule has 0 saturated heterocycles. The summed E-state index contributed by atoms with van der Waals surface area (Å²) >= 11 is 0. The Hall–Kier alpha value is -2.70. The SMILES string of the molecule is C=C(C)COC(CO[C@@H]1CCC[C@H](COc2ccccc2)C1)CO[Si](c1ccccc1)(c1ccccc1)C(C)(C)C. The Morgan fingerprint density at radius 3 is 2.00 bits per heavy atom. The van der Waals surface area contributed by atoms with Crippen LogP contribution in [0.2, 0.25) is 5.04 Å². The Balaban J connectivity index is 1.45. The Kier molecular flexibility index (Phi) is 11.4. The molecular formula is C36H48O4Si. The molecule has 0 spiro atoms. The van der Waals surface area contributed by atoms with Crippen molar-refractivity contribution in [2.75, 3.05) is 26.4 Å². The molecule has 4 rings (SSSR count). The lowest BCUT2D eigenvalue weighted by Gasteiger charge is -2.43. The molecule has 1 aliphatic rings. The van der Waals surface area contributed by atoms with E-state index in [9.17, 15) is 0 Å². The van der Waals surface area contributed by atoms with Crippen LogP contribution in [0.4, 0.5) is 0 Å². The van der Waals surface area contributed by atoms with Gasteiger partial charge in [0.2, 0.25) is 0 Å². The predicted molar refractivity (Wildman–Crippen MR) is 172 cm³/mol. The van der Waals surface area contributed by atoms with Gasteiger partial charge < -0.3 is 18.6 Å². The molecule has 0 bridgehead atoms. The van der Waals surface area contributed by atoms with Crippen molar-refractivity contribution in [3.8, 4) is 5.75 Å². The van der Waals surface area contributed by atoms with Crippen molar-refractivity contribution < 1.29 is 18.6 Å². The molecule has 1 unspecified atom stereocenters. The first-order valence-corrected chi connectivity index (χ1v) is 17.0. The van der Waals surface area contributed by atoms with E-state index in [1.807, 2.05) is 37.3 Å². The second kappa shape index (κ2) is 15.0. The molecule has 220 valence electrons. The summed E-state index contributed by atoms with van der Waals surface area (Å²) in [6, 6.07) is 31.6. The van der Waals surface area contributed by atoms with Gasteiger partial charge in [-0.2, -0.15) is 0 Å². The summed E-state index contributed by atoms with van der Waals surface area (Å²) in [6.07, 6.45) is 4.44. The second-order valence-electron chi connectivity index (χ2n) is 12.5. The molecular weight excluding hydrogens is 524 g/mol. The minimum absolute atomic E-state index is 0.0924. The Labute approximate surface area is 248 Å². The Morgan fingerprint density at radius 1 is 0.854 bits per heavy atom. The Morgan fingerprint density at radius 2 is 1.44 bits per heavy atom. The monoisotopic (exact) mass is 572 g/mol. The van der Waals surface area contributed by atoms with Gasteiger partial charge in [0.15, 0.2) is 0 Å². The van der Waals surface area contributed by atoms with Gasteiger partial charge in [0.25, 0.3) is 8.32 Å². The van der Waals surface area contributed by atoms with Crippen molar-refractivity contribution in [2.45, 2.75) is 70.6 Å². The number of ether oxygens (including phenoxy) is 3. The molecule has 0 N–H and O–H groups in total. The summed E-state index contributed by atoms with van der Waals surface area (Å²) in [4.78, 5) is 0.